The van der Waals surface area contributed by atoms with Crippen LogP contribution in [0.1, 0.15) is 11.8 Å². The second-order valence-corrected chi connectivity index (χ2v) is 6.19. The monoisotopic (exact) mass is 340 g/mol. The van der Waals surface area contributed by atoms with Crippen molar-refractivity contribution in [3.05, 3.63) is 22.4 Å². The Labute approximate surface area is 135 Å². The molecule has 22 heavy (non-hydrogen) atoms. The Morgan fingerprint density at radius 1 is 1.36 bits per heavy atom. The molecule has 0 aliphatic rings. The van der Waals surface area contributed by atoms with Gasteiger partial charge in [-0.2, -0.15) is 0 Å². The normalized spacial score (nSPS) is 10.4. The molecule has 0 aromatic carbocycles. The van der Waals surface area contributed by atoms with Gasteiger partial charge in [-0.3, -0.25) is 9.59 Å². The second kappa shape index (κ2) is 8.49. The van der Waals surface area contributed by atoms with Gasteiger partial charge in [0.05, 0.1) is 18.8 Å². The molecule has 0 spiro atoms. The van der Waals surface area contributed by atoms with Gasteiger partial charge in [-0.1, -0.05) is 17.8 Å². The van der Waals surface area contributed by atoms with E-state index >= 15 is 0 Å². The molecular formula is C12H16N6O2S2. The number of aromatic nitrogens is 4. The highest BCUT2D eigenvalue weighted by Gasteiger charge is 2.11. The van der Waals surface area contributed by atoms with Crippen LogP contribution >= 0.6 is 23.1 Å². The number of nitrogens with one attached hydrogen (secondary N) is 2. The Hall–Kier alpha value is -1.94. The minimum Gasteiger partial charge on any atom is -0.355 e. The van der Waals surface area contributed by atoms with Crippen LogP contribution in [0.5, 0.6) is 0 Å². The Bertz CT molecular complexity index is 613. The van der Waals surface area contributed by atoms with Gasteiger partial charge in [-0.05, 0) is 28.8 Å². The molecule has 0 radical (unpaired) electrons. The van der Waals surface area contributed by atoms with E-state index in [0.717, 1.165) is 4.88 Å². The third kappa shape index (κ3) is 5.11. The Morgan fingerprint density at radius 2 is 2.23 bits per heavy atom. The van der Waals surface area contributed by atoms with Crippen molar-refractivity contribution in [3.63, 3.8) is 0 Å². The van der Waals surface area contributed by atoms with Crippen molar-refractivity contribution in [1.82, 2.24) is 30.8 Å². The molecule has 0 saturated heterocycles. The van der Waals surface area contributed by atoms with Crippen LogP contribution in [0.25, 0.3) is 0 Å². The fraction of sp³-hybridized carbons (Fsp3) is 0.417. The Morgan fingerprint density at radius 3 is 2.95 bits per heavy atom. The third-order valence-electron chi connectivity index (χ3n) is 2.54. The van der Waals surface area contributed by atoms with Gasteiger partial charge in [-0.25, -0.2) is 4.68 Å². The summed E-state index contributed by atoms with van der Waals surface area (Å²) in [6, 6.07) is 3.96. The van der Waals surface area contributed by atoms with E-state index in [1.165, 1.54) is 11.8 Å². The largest absolute Gasteiger partial charge is 0.355 e. The summed E-state index contributed by atoms with van der Waals surface area (Å²) in [5.41, 5.74) is 0. The first-order valence-corrected chi connectivity index (χ1v) is 8.50. The Kier molecular flexibility index (Phi) is 6.34. The summed E-state index contributed by atoms with van der Waals surface area (Å²) in [5, 5.41) is 19.2. The van der Waals surface area contributed by atoms with Gasteiger partial charge >= 0.3 is 0 Å². The summed E-state index contributed by atoms with van der Waals surface area (Å²) < 4.78 is 1.65. The molecule has 2 amide bonds. The molecule has 0 bridgehead atoms. The molecule has 0 fully saturated rings. The zero-order valence-electron chi connectivity index (χ0n) is 12.0. The zero-order chi connectivity index (χ0) is 15.8. The molecular weight excluding hydrogens is 324 g/mol. The first kappa shape index (κ1) is 16.4. The quantitative estimate of drug-likeness (QED) is 0.662. The van der Waals surface area contributed by atoms with E-state index in [4.69, 9.17) is 0 Å². The molecule has 118 valence electrons. The van der Waals surface area contributed by atoms with Crippen molar-refractivity contribution in [1.29, 1.82) is 0 Å². The van der Waals surface area contributed by atoms with Crippen LogP contribution < -0.4 is 10.6 Å². The zero-order valence-corrected chi connectivity index (χ0v) is 13.6. The predicted molar refractivity (Wildman–Crippen MR) is 83.7 cm³/mol. The molecule has 8 nitrogen and oxygen atoms in total. The molecule has 0 saturated carbocycles. The highest BCUT2D eigenvalue weighted by Crippen LogP contribution is 2.16. The van der Waals surface area contributed by atoms with E-state index in [1.54, 1.807) is 16.0 Å². The molecule has 0 aliphatic heterocycles. The molecule has 2 heterocycles. The van der Waals surface area contributed by atoms with Crippen LogP contribution in [-0.2, 0) is 16.1 Å². The molecule has 2 rings (SSSR count). The number of thioether (sulfide) groups is 1. The van der Waals surface area contributed by atoms with Gasteiger partial charge in [-0.15, -0.1) is 16.4 Å². The van der Waals surface area contributed by atoms with E-state index in [-0.39, 0.29) is 24.1 Å². The van der Waals surface area contributed by atoms with Gasteiger partial charge in [0.1, 0.15) is 0 Å². The van der Waals surface area contributed by atoms with E-state index in [0.29, 0.717) is 18.2 Å². The molecule has 2 aromatic heterocycles. The topological polar surface area (TPSA) is 102 Å². The van der Waals surface area contributed by atoms with Gasteiger partial charge in [0.2, 0.25) is 17.0 Å². The minimum absolute atomic E-state index is 0.0205. The van der Waals surface area contributed by atoms with Crippen LogP contribution in [0.15, 0.2) is 22.7 Å². The van der Waals surface area contributed by atoms with E-state index in [2.05, 4.69) is 26.2 Å². The van der Waals surface area contributed by atoms with Crippen molar-refractivity contribution in [2.24, 2.45) is 0 Å². The first-order valence-electron chi connectivity index (χ1n) is 6.63. The number of hydrogen-bond donors (Lipinski definition) is 2. The standard InChI is InChI=1S/C12H16N6O2S2/c1-2-13-10(19)6-14-11(20)8-22-12-15-16-17-18(12)7-9-4-3-5-21-9/h3-5H,2,6-8H2,1H3,(H,13,19)(H,14,20). The van der Waals surface area contributed by atoms with E-state index in [1.807, 2.05) is 24.4 Å². The molecule has 2 N–H and O–H groups in total. The highest BCUT2D eigenvalue weighted by molar-refractivity contribution is 7.99. The van der Waals surface area contributed by atoms with Crippen LogP contribution in [-0.4, -0.2) is 50.9 Å². The lowest BCUT2D eigenvalue weighted by Gasteiger charge is -2.05. The number of amides is 2. The average molecular weight is 340 g/mol. The lowest BCUT2D eigenvalue weighted by atomic mass is 10.5. The van der Waals surface area contributed by atoms with Crippen LogP contribution in [0, 0.1) is 0 Å². The molecule has 0 atom stereocenters. The number of likely N-dealkylation sites (N-methyl/N-ethyl adjacent to an activating group) is 1. The maximum absolute atomic E-state index is 11.7. The van der Waals surface area contributed by atoms with Crippen molar-refractivity contribution in [3.8, 4) is 0 Å². The minimum atomic E-state index is -0.234. The number of carbonyl (C=O) groups is 2. The maximum atomic E-state index is 11.7. The van der Waals surface area contributed by atoms with Crippen molar-refractivity contribution in [2.75, 3.05) is 18.8 Å². The number of tetrazole rings is 1. The summed E-state index contributed by atoms with van der Waals surface area (Å²) in [6.07, 6.45) is 0. The number of rotatable bonds is 8. The Balaban J connectivity index is 1.78. The lowest BCUT2D eigenvalue weighted by Crippen LogP contribution is -2.37. The van der Waals surface area contributed by atoms with Crippen LogP contribution in [0.3, 0.4) is 0 Å². The molecule has 0 unspecified atom stereocenters. The number of nitrogens with zero attached hydrogens (tertiary/aromatic N) is 4. The molecule has 2 aromatic rings. The SMILES string of the molecule is CCNC(=O)CNC(=O)CSc1nnnn1Cc1cccs1. The first-order chi connectivity index (χ1) is 10.7. The summed E-state index contributed by atoms with van der Waals surface area (Å²) in [5.74, 6) is -0.283. The van der Waals surface area contributed by atoms with E-state index < -0.39 is 0 Å². The van der Waals surface area contributed by atoms with E-state index in [9.17, 15) is 9.59 Å². The van der Waals surface area contributed by atoms with Crippen LogP contribution in [0.4, 0.5) is 0 Å². The second-order valence-electron chi connectivity index (χ2n) is 4.22. The number of hydrogen-bond acceptors (Lipinski definition) is 7. The van der Waals surface area contributed by atoms with Gasteiger partial charge in [0, 0.05) is 11.4 Å². The van der Waals surface area contributed by atoms with Crippen molar-refractivity contribution < 1.29 is 9.59 Å². The average Bonchev–Trinajstić information content (AvgIpc) is 3.16. The number of thiophene rings is 1. The van der Waals surface area contributed by atoms with Crippen LogP contribution in [0.2, 0.25) is 0 Å². The summed E-state index contributed by atoms with van der Waals surface area (Å²) in [4.78, 5) is 24.1. The van der Waals surface area contributed by atoms with Crippen molar-refractivity contribution >= 4 is 34.9 Å². The smallest absolute Gasteiger partial charge is 0.239 e. The number of carbonyl (C=O) groups excluding carboxylic acids is 2. The van der Waals surface area contributed by atoms with Gasteiger partial charge < -0.3 is 10.6 Å². The highest BCUT2D eigenvalue weighted by atomic mass is 32.2. The maximum Gasteiger partial charge on any atom is 0.239 e. The molecule has 10 heteroatoms. The fourth-order valence-electron chi connectivity index (χ4n) is 1.57. The molecule has 0 aliphatic carbocycles. The predicted octanol–water partition coefficient (Wildman–Crippen LogP) is 0.127. The summed E-state index contributed by atoms with van der Waals surface area (Å²) >= 11 is 2.86. The van der Waals surface area contributed by atoms with Gasteiger partial charge in [0.15, 0.2) is 0 Å². The lowest BCUT2D eigenvalue weighted by molar-refractivity contribution is -0.124. The van der Waals surface area contributed by atoms with Crippen molar-refractivity contribution in [2.45, 2.75) is 18.6 Å². The summed E-state index contributed by atoms with van der Waals surface area (Å²) in [6.45, 7) is 2.92. The van der Waals surface area contributed by atoms with Gasteiger partial charge in [0.25, 0.3) is 0 Å². The fourth-order valence-corrected chi connectivity index (χ4v) is 2.96. The summed E-state index contributed by atoms with van der Waals surface area (Å²) in [7, 11) is 0. The third-order valence-corrected chi connectivity index (χ3v) is 4.36.